The van der Waals surface area contributed by atoms with Gasteiger partial charge in [-0.3, -0.25) is 0 Å². The van der Waals surface area contributed by atoms with Crippen LogP contribution in [0.3, 0.4) is 0 Å². The normalized spacial score (nSPS) is 21.2. The second-order valence-corrected chi connectivity index (χ2v) is 4.83. The summed E-state index contributed by atoms with van der Waals surface area (Å²) in [5, 5.41) is 8.52. The van der Waals surface area contributed by atoms with Crippen LogP contribution in [0.5, 0.6) is 0 Å². The Bertz CT molecular complexity index is 362. The van der Waals surface area contributed by atoms with Crippen LogP contribution >= 0.6 is 0 Å². The Hall–Kier alpha value is -1.12. The average molecular weight is 219 g/mol. The minimum Gasteiger partial charge on any atom is -0.355 e. The molecule has 1 fully saturated rings. The van der Waals surface area contributed by atoms with Crippen LogP contribution in [0.25, 0.3) is 0 Å². The van der Waals surface area contributed by atoms with Crippen molar-refractivity contribution in [1.82, 2.24) is 10.2 Å². The largest absolute Gasteiger partial charge is 0.355 e. The molecule has 1 aromatic heterocycles. The van der Waals surface area contributed by atoms with Gasteiger partial charge in [-0.2, -0.15) is 5.10 Å². The molecule has 16 heavy (non-hydrogen) atoms. The van der Waals surface area contributed by atoms with Gasteiger partial charge < -0.3 is 4.90 Å². The SMILES string of the molecule is CCC1CCCN(c2cc(C)c(C)nn2)C1. The lowest BCUT2D eigenvalue weighted by Gasteiger charge is -2.33. The van der Waals surface area contributed by atoms with E-state index in [9.17, 15) is 0 Å². The fourth-order valence-electron chi connectivity index (χ4n) is 2.29. The number of aryl methyl sites for hydroxylation is 2. The summed E-state index contributed by atoms with van der Waals surface area (Å²) in [5.41, 5.74) is 2.27. The molecule has 0 aliphatic carbocycles. The van der Waals surface area contributed by atoms with Crippen LogP contribution < -0.4 is 4.90 Å². The van der Waals surface area contributed by atoms with Crippen molar-refractivity contribution in [2.45, 2.75) is 40.0 Å². The Morgan fingerprint density at radius 2 is 2.19 bits per heavy atom. The maximum absolute atomic E-state index is 4.31. The molecular weight excluding hydrogens is 198 g/mol. The standard InChI is InChI=1S/C13H21N3/c1-4-12-6-5-7-16(9-12)13-8-10(2)11(3)14-15-13/h8,12H,4-7,9H2,1-3H3. The van der Waals surface area contributed by atoms with Gasteiger partial charge in [0.05, 0.1) is 5.69 Å². The van der Waals surface area contributed by atoms with Gasteiger partial charge in [-0.05, 0) is 44.2 Å². The monoisotopic (exact) mass is 219 g/mol. The summed E-state index contributed by atoms with van der Waals surface area (Å²) < 4.78 is 0. The molecule has 3 heteroatoms. The van der Waals surface area contributed by atoms with Crippen LogP contribution in [0, 0.1) is 19.8 Å². The third-order valence-corrected chi connectivity index (χ3v) is 3.64. The van der Waals surface area contributed by atoms with Gasteiger partial charge in [-0.1, -0.05) is 13.3 Å². The Morgan fingerprint density at radius 1 is 1.38 bits per heavy atom. The number of hydrogen-bond acceptors (Lipinski definition) is 3. The molecule has 0 amide bonds. The van der Waals surface area contributed by atoms with E-state index in [0.29, 0.717) is 0 Å². The lowest BCUT2D eigenvalue weighted by molar-refractivity contribution is 0.402. The van der Waals surface area contributed by atoms with Crippen LogP contribution in [0.2, 0.25) is 0 Å². The topological polar surface area (TPSA) is 29.0 Å². The zero-order chi connectivity index (χ0) is 11.5. The number of rotatable bonds is 2. The summed E-state index contributed by atoms with van der Waals surface area (Å²) in [6.07, 6.45) is 3.92. The first kappa shape index (κ1) is 11.4. The van der Waals surface area contributed by atoms with E-state index in [1.165, 1.54) is 24.8 Å². The van der Waals surface area contributed by atoms with Crippen LogP contribution in [-0.2, 0) is 0 Å². The summed E-state index contributed by atoms with van der Waals surface area (Å²) in [5.74, 6) is 1.89. The Labute approximate surface area is 97.9 Å². The minimum atomic E-state index is 0.831. The van der Waals surface area contributed by atoms with Crippen molar-refractivity contribution in [3.8, 4) is 0 Å². The van der Waals surface area contributed by atoms with Gasteiger partial charge in [0.15, 0.2) is 5.82 Å². The van der Waals surface area contributed by atoms with Crippen molar-refractivity contribution in [2.75, 3.05) is 18.0 Å². The second-order valence-electron chi connectivity index (χ2n) is 4.83. The van der Waals surface area contributed by atoms with Crippen LogP contribution in [0.15, 0.2) is 6.07 Å². The van der Waals surface area contributed by atoms with Gasteiger partial charge in [-0.15, -0.1) is 5.10 Å². The summed E-state index contributed by atoms with van der Waals surface area (Å²) in [7, 11) is 0. The highest BCUT2D eigenvalue weighted by atomic mass is 15.3. The van der Waals surface area contributed by atoms with Gasteiger partial charge in [0.2, 0.25) is 0 Å². The number of anilines is 1. The minimum absolute atomic E-state index is 0.831. The van der Waals surface area contributed by atoms with E-state index in [1.54, 1.807) is 0 Å². The highest BCUT2D eigenvalue weighted by Crippen LogP contribution is 2.23. The van der Waals surface area contributed by atoms with Crippen molar-refractivity contribution in [2.24, 2.45) is 5.92 Å². The predicted octanol–water partition coefficient (Wildman–Crippen LogP) is 2.72. The van der Waals surface area contributed by atoms with Crippen molar-refractivity contribution >= 4 is 5.82 Å². The predicted molar refractivity (Wildman–Crippen MR) is 66.7 cm³/mol. The van der Waals surface area contributed by atoms with Gasteiger partial charge in [0, 0.05) is 13.1 Å². The van der Waals surface area contributed by atoms with E-state index in [1.807, 2.05) is 6.92 Å². The molecule has 88 valence electrons. The van der Waals surface area contributed by atoms with Gasteiger partial charge in [-0.25, -0.2) is 0 Å². The second kappa shape index (κ2) is 4.81. The molecule has 1 aliphatic rings. The molecule has 0 N–H and O–H groups in total. The number of hydrogen-bond donors (Lipinski definition) is 0. The maximum atomic E-state index is 4.31. The molecule has 2 heterocycles. The van der Waals surface area contributed by atoms with Crippen molar-refractivity contribution in [3.05, 3.63) is 17.3 Å². The maximum Gasteiger partial charge on any atom is 0.151 e. The Morgan fingerprint density at radius 3 is 2.88 bits per heavy atom. The molecular formula is C13H21N3. The van der Waals surface area contributed by atoms with Crippen molar-refractivity contribution in [3.63, 3.8) is 0 Å². The number of piperidine rings is 1. The first-order valence-electron chi connectivity index (χ1n) is 6.26. The quantitative estimate of drug-likeness (QED) is 0.766. The molecule has 0 aromatic carbocycles. The molecule has 3 nitrogen and oxygen atoms in total. The van der Waals surface area contributed by atoms with Gasteiger partial charge in [0.1, 0.15) is 0 Å². The molecule has 0 radical (unpaired) electrons. The smallest absolute Gasteiger partial charge is 0.151 e. The van der Waals surface area contributed by atoms with Crippen molar-refractivity contribution < 1.29 is 0 Å². The summed E-state index contributed by atoms with van der Waals surface area (Å²) in [6, 6.07) is 2.17. The highest BCUT2D eigenvalue weighted by Gasteiger charge is 2.19. The van der Waals surface area contributed by atoms with E-state index >= 15 is 0 Å². The van der Waals surface area contributed by atoms with E-state index in [-0.39, 0.29) is 0 Å². The van der Waals surface area contributed by atoms with Crippen LogP contribution in [0.1, 0.15) is 37.4 Å². The highest BCUT2D eigenvalue weighted by molar-refractivity contribution is 5.41. The van der Waals surface area contributed by atoms with Gasteiger partial charge in [0.25, 0.3) is 0 Å². The molecule has 0 bridgehead atoms. The van der Waals surface area contributed by atoms with Crippen LogP contribution in [0.4, 0.5) is 5.82 Å². The lowest BCUT2D eigenvalue weighted by atomic mass is 9.96. The molecule has 1 unspecified atom stereocenters. The zero-order valence-electron chi connectivity index (χ0n) is 10.5. The van der Waals surface area contributed by atoms with E-state index < -0.39 is 0 Å². The summed E-state index contributed by atoms with van der Waals surface area (Å²) >= 11 is 0. The molecule has 1 atom stereocenters. The first-order valence-corrected chi connectivity index (χ1v) is 6.26. The third kappa shape index (κ3) is 2.34. The fraction of sp³-hybridized carbons (Fsp3) is 0.692. The Kier molecular flexibility index (Phi) is 3.42. The zero-order valence-corrected chi connectivity index (χ0v) is 10.5. The average Bonchev–Trinajstić information content (AvgIpc) is 2.33. The molecule has 2 rings (SSSR count). The lowest BCUT2D eigenvalue weighted by Crippen LogP contribution is -2.35. The van der Waals surface area contributed by atoms with E-state index in [0.717, 1.165) is 30.5 Å². The van der Waals surface area contributed by atoms with Crippen LogP contribution in [-0.4, -0.2) is 23.3 Å². The molecule has 1 aliphatic heterocycles. The number of aromatic nitrogens is 2. The number of nitrogens with zero attached hydrogens (tertiary/aromatic N) is 3. The van der Waals surface area contributed by atoms with E-state index in [2.05, 4.69) is 35.0 Å². The van der Waals surface area contributed by atoms with Crippen molar-refractivity contribution in [1.29, 1.82) is 0 Å². The Balaban J connectivity index is 2.13. The van der Waals surface area contributed by atoms with E-state index in [4.69, 9.17) is 0 Å². The first-order chi connectivity index (χ1) is 7.70. The molecule has 0 saturated carbocycles. The third-order valence-electron chi connectivity index (χ3n) is 3.64. The summed E-state index contributed by atoms with van der Waals surface area (Å²) in [4.78, 5) is 2.39. The van der Waals surface area contributed by atoms with Gasteiger partial charge >= 0.3 is 0 Å². The molecule has 1 aromatic rings. The molecule has 1 saturated heterocycles. The molecule has 0 spiro atoms. The summed E-state index contributed by atoms with van der Waals surface area (Å²) in [6.45, 7) is 8.67. The fourth-order valence-corrected chi connectivity index (χ4v) is 2.29.